The number of rotatable bonds is 2. The molecule has 0 aliphatic carbocycles. The van der Waals surface area contributed by atoms with Crippen LogP contribution in [-0.4, -0.2) is 28.5 Å². The third kappa shape index (κ3) is 2.74. The molecule has 2 aromatic rings. The molecule has 2 aliphatic heterocycles. The lowest BCUT2D eigenvalue weighted by atomic mass is 10.1. The van der Waals surface area contributed by atoms with Gasteiger partial charge < -0.3 is 10.2 Å². The van der Waals surface area contributed by atoms with Crippen molar-refractivity contribution in [3.63, 3.8) is 0 Å². The van der Waals surface area contributed by atoms with Gasteiger partial charge in [0.15, 0.2) is 0 Å². The van der Waals surface area contributed by atoms with E-state index < -0.39 is 0 Å². The highest BCUT2D eigenvalue weighted by Gasteiger charge is 2.32. The van der Waals surface area contributed by atoms with Crippen LogP contribution in [0.4, 0.5) is 5.69 Å². The Morgan fingerprint density at radius 1 is 1.33 bits per heavy atom. The molecule has 0 bridgehead atoms. The first-order chi connectivity index (χ1) is 11.6. The Balaban J connectivity index is 1.61. The van der Waals surface area contributed by atoms with Gasteiger partial charge in [-0.25, -0.2) is 0 Å². The third-order valence-corrected chi connectivity index (χ3v) is 6.69. The van der Waals surface area contributed by atoms with Crippen LogP contribution >= 0.6 is 23.1 Å². The van der Waals surface area contributed by atoms with Gasteiger partial charge in [0.05, 0.1) is 17.0 Å². The summed E-state index contributed by atoms with van der Waals surface area (Å²) in [5.41, 5.74) is 1.40. The summed E-state index contributed by atoms with van der Waals surface area (Å²) < 4.78 is 0. The quantitative estimate of drug-likeness (QED) is 0.877. The van der Waals surface area contributed by atoms with Crippen molar-refractivity contribution in [3.05, 3.63) is 46.2 Å². The highest BCUT2D eigenvalue weighted by molar-refractivity contribution is 8.00. The largest absolute Gasteiger partial charge is 0.331 e. The van der Waals surface area contributed by atoms with E-state index in [4.69, 9.17) is 0 Å². The van der Waals surface area contributed by atoms with E-state index in [9.17, 15) is 9.59 Å². The molecular weight excluding hydrogens is 340 g/mol. The van der Waals surface area contributed by atoms with Crippen LogP contribution < -0.4 is 5.32 Å². The van der Waals surface area contributed by atoms with Crippen molar-refractivity contribution in [3.8, 4) is 0 Å². The third-order valence-electron chi connectivity index (χ3n) is 4.54. The fourth-order valence-corrected chi connectivity index (χ4v) is 5.10. The predicted octanol–water partition coefficient (Wildman–Crippen LogP) is 4.16. The second kappa shape index (κ2) is 6.26. The minimum absolute atomic E-state index is 0.00488. The van der Waals surface area contributed by atoms with Gasteiger partial charge in [-0.3, -0.25) is 9.59 Å². The van der Waals surface area contributed by atoms with Crippen LogP contribution in [0.25, 0.3) is 0 Å². The van der Waals surface area contributed by atoms with Gasteiger partial charge in [0.25, 0.3) is 5.91 Å². The van der Waals surface area contributed by atoms with E-state index in [1.54, 1.807) is 11.3 Å². The molecule has 2 aliphatic rings. The maximum absolute atomic E-state index is 13.0. The summed E-state index contributed by atoms with van der Waals surface area (Å²) in [6.07, 6.45) is 2.05. The van der Waals surface area contributed by atoms with Crippen molar-refractivity contribution < 1.29 is 9.59 Å². The molecule has 0 unspecified atom stereocenters. The summed E-state index contributed by atoms with van der Waals surface area (Å²) >= 11 is 3.24. The molecule has 0 saturated carbocycles. The summed E-state index contributed by atoms with van der Waals surface area (Å²) in [5, 5.41) is 4.87. The molecule has 124 valence electrons. The van der Waals surface area contributed by atoms with Gasteiger partial charge in [-0.15, -0.1) is 23.1 Å². The molecule has 1 fully saturated rings. The summed E-state index contributed by atoms with van der Waals surface area (Å²) in [4.78, 5) is 29.1. The van der Waals surface area contributed by atoms with Gasteiger partial charge in [0, 0.05) is 21.9 Å². The highest BCUT2D eigenvalue weighted by Crippen LogP contribution is 2.38. The maximum atomic E-state index is 13.0. The lowest BCUT2D eigenvalue weighted by Gasteiger charge is -2.26. The number of likely N-dealkylation sites (tertiary alicyclic amines) is 1. The summed E-state index contributed by atoms with van der Waals surface area (Å²) in [7, 11) is 0. The minimum Gasteiger partial charge on any atom is -0.331 e. The number of nitrogens with zero attached hydrogens (tertiary/aromatic N) is 1. The monoisotopic (exact) mass is 358 g/mol. The number of nitrogens with one attached hydrogen (secondary N) is 1. The lowest BCUT2D eigenvalue weighted by Crippen LogP contribution is -2.31. The van der Waals surface area contributed by atoms with Gasteiger partial charge in [-0.05, 0) is 49.4 Å². The molecule has 24 heavy (non-hydrogen) atoms. The van der Waals surface area contributed by atoms with Gasteiger partial charge in [0.1, 0.15) is 0 Å². The highest BCUT2D eigenvalue weighted by atomic mass is 32.2. The molecule has 1 aromatic heterocycles. The van der Waals surface area contributed by atoms with E-state index in [1.807, 2.05) is 36.1 Å². The fraction of sp³-hybridized carbons (Fsp3) is 0.333. The second-order valence-corrected chi connectivity index (χ2v) is 8.49. The lowest BCUT2D eigenvalue weighted by molar-refractivity contribution is -0.115. The number of carbonyl (C=O) groups excluding carboxylic acids is 2. The van der Waals surface area contributed by atoms with Crippen LogP contribution in [-0.2, 0) is 4.79 Å². The van der Waals surface area contributed by atoms with Crippen LogP contribution in [0.1, 0.15) is 41.0 Å². The zero-order chi connectivity index (χ0) is 16.7. The number of hydrogen-bond acceptors (Lipinski definition) is 4. The van der Waals surface area contributed by atoms with Gasteiger partial charge in [-0.1, -0.05) is 6.07 Å². The Morgan fingerprint density at radius 3 is 3.00 bits per heavy atom. The first-order valence-electron chi connectivity index (χ1n) is 8.09. The van der Waals surface area contributed by atoms with Crippen LogP contribution in [0.2, 0.25) is 0 Å². The Morgan fingerprint density at radius 2 is 2.21 bits per heavy atom. The van der Waals surface area contributed by atoms with Gasteiger partial charge >= 0.3 is 0 Å². The van der Waals surface area contributed by atoms with Crippen molar-refractivity contribution in [1.29, 1.82) is 0 Å². The topological polar surface area (TPSA) is 49.4 Å². The minimum atomic E-state index is -0.0964. The first-order valence-corrected chi connectivity index (χ1v) is 9.85. The smallest absolute Gasteiger partial charge is 0.254 e. The molecule has 3 heterocycles. The van der Waals surface area contributed by atoms with E-state index in [1.165, 1.54) is 16.6 Å². The molecule has 0 spiro atoms. The van der Waals surface area contributed by atoms with Crippen LogP contribution in [0.3, 0.4) is 0 Å². The molecule has 6 heteroatoms. The average molecular weight is 358 g/mol. The van der Waals surface area contributed by atoms with Crippen molar-refractivity contribution in [1.82, 2.24) is 4.90 Å². The van der Waals surface area contributed by atoms with Crippen molar-refractivity contribution >= 4 is 40.6 Å². The van der Waals surface area contributed by atoms with Crippen LogP contribution in [0.5, 0.6) is 0 Å². The number of anilines is 1. The Kier molecular flexibility index (Phi) is 4.10. The summed E-state index contributed by atoms with van der Waals surface area (Å²) in [6, 6.07) is 9.96. The van der Waals surface area contributed by atoms with Gasteiger partial charge in [0.2, 0.25) is 5.91 Å². The fourth-order valence-electron chi connectivity index (χ4n) is 3.29. The number of thioether (sulfide) groups is 1. The van der Waals surface area contributed by atoms with Crippen molar-refractivity contribution in [2.45, 2.75) is 36.0 Å². The molecule has 4 rings (SSSR count). The SMILES string of the molecule is C[C@@H]1Sc2ccc(C(=O)N3CCC[C@@H]3c3cccs3)cc2NC1=O. The predicted molar refractivity (Wildman–Crippen MR) is 97.7 cm³/mol. The molecule has 1 aromatic carbocycles. The van der Waals surface area contributed by atoms with Crippen molar-refractivity contribution in [2.75, 3.05) is 11.9 Å². The number of thiophene rings is 1. The molecule has 0 radical (unpaired) electrons. The summed E-state index contributed by atoms with van der Waals surface area (Å²) in [5.74, 6) is 0.0429. The number of fused-ring (bicyclic) bond motifs is 1. The molecule has 4 nitrogen and oxygen atoms in total. The number of amides is 2. The number of benzene rings is 1. The van der Waals surface area contributed by atoms with Gasteiger partial charge in [-0.2, -0.15) is 0 Å². The zero-order valence-electron chi connectivity index (χ0n) is 13.3. The number of hydrogen-bond donors (Lipinski definition) is 1. The maximum Gasteiger partial charge on any atom is 0.254 e. The van der Waals surface area contributed by atoms with E-state index in [2.05, 4.69) is 16.8 Å². The van der Waals surface area contributed by atoms with Crippen LogP contribution in [0, 0.1) is 0 Å². The molecule has 1 saturated heterocycles. The van der Waals surface area contributed by atoms with Crippen molar-refractivity contribution in [2.24, 2.45) is 0 Å². The van der Waals surface area contributed by atoms with E-state index in [-0.39, 0.29) is 23.1 Å². The normalized spacial score (nSPS) is 23.0. The Hall–Kier alpha value is -1.79. The molecular formula is C18H18N2O2S2. The first kappa shape index (κ1) is 15.7. The average Bonchev–Trinajstić information content (AvgIpc) is 3.25. The zero-order valence-corrected chi connectivity index (χ0v) is 15.0. The molecule has 2 atom stereocenters. The number of carbonyl (C=O) groups is 2. The standard InChI is InChI=1S/C18H18N2O2S2/c1-11-17(21)19-13-10-12(6-7-15(13)24-11)18(22)20-8-2-4-14(20)16-5-3-9-23-16/h3,5-7,9-11,14H,2,4,8H2,1H3,(H,19,21)/t11-,14+/m0/s1. The Bertz CT molecular complexity index is 788. The van der Waals surface area contributed by atoms with E-state index in [0.717, 1.165) is 30.0 Å². The second-order valence-electron chi connectivity index (χ2n) is 6.13. The van der Waals surface area contributed by atoms with E-state index >= 15 is 0 Å². The van der Waals surface area contributed by atoms with E-state index in [0.29, 0.717) is 5.56 Å². The molecule has 1 N–H and O–H groups in total. The Labute approximate surface area is 149 Å². The van der Waals surface area contributed by atoms with Crippen LogP contribution in [0.15, 0.2) is 40.6 Å². The molecule has 2 amide bonds. The summed E-state index contributed by atoms with van der Waals surface area (Å²) in [6.45, 7) is 2.68.